The summed E-state index contributed by atoms with van der Waals surface area (Å²) in [6, 6.07) is 9.91. The summed E-state index contributed by atoms with van der Waals surface area (Å²) in [5.74, 6) is 0.586. The van der Waals surface area contributed by atoms with E-state index in [1.54, 1.807) is 11.3 Å². The van der Waals surface area contributed by atoms with Crippen LogP contribution in [0.1, 0.15) is 11.1 Å². The third-order valence-electron chi connectivity index (χ3n) is 4.22. The molecule has 0 saturated heterocycles. The van der Waals surface area contributed by atoms with Gasteiger partial charge in [-0.1, -0.05) is 12.1 Å². The van der Waals surface area contributed by atoms with Crippen molar-refractivity contribution in [3.8, 4) is 27.6 Å². The molecule has 126 valence electrons. The van der Waals surface area contributed by atoms with Crippen molar-refractivity contribution in [3.63, 3.8) is 0 Å². The van der Waals surface area contributed by atoms with Gasteiger partial charge in [-0.3, -0.25) is 4.79 Å². The van der Waals surface area contributed by atoms with Crippen LogP contribution in [0.5, 0.6) is 5.75 Å². The van der Waals surface area contributed by atoms with Gasteiger partial charge in [-0.25, -0.2) is 4.98 Å². The smallest absolute Gasteiger partial charge is 0.262 e. The minimum Gasteiger partial charge on any atom is -0.481 e. The molecular formula is C19H17N3O2S. The molecule has 0 radical (unpaired) electrons. The number of rotatable bonds is 2. The number of aromatic nitrogens is 1. The Balaban J connectivity index is 1.73. The Kier molecular flexibility index (Phi) is 3.69. The quantitative estimate of drug-likeness (QED) is 0.684. The van der Waals surface area contributed by atoms with Gasteiger partial charge in [0.05, 0.1) is 11.4 Å². The number of nitrogens with two attached hydrogens (primary N) is 1. The molecule has 0 saturated carbocycles. The molecule has 3 N–H and O–H groups in total. The van der Waals surface area contributed by atoms with Gasteiger partial charge in [0.2, 0.25) is 0 Å². The molecule has 0 spiro atoms. The second kappa shape index (κ2) is 5.89. The minimum absolute atomic E-state index is 0.0584. The molecule has 0 fully saturated rings. The van der Waals surface area contributed by atoms with Crippen LogP contribution >= 0.6 is 11.3 Å². The number of carbonyl (C=O) groups is 1. The molecule has 2 heterocycles. The van der Waals surface area contributed by atoms with Crippen molar-refractivity contribution in [1.29, 1.82) is 0 Å². The first-order valence-electron chi connectivity index (χ1n) is 7.91. The highest BCUT2D eigenvalue weighted by molar-refractivity contribution is 7.13. The van der Waals surface area contributed by atoms with E-state index >= 15 is 0 Å². The van der Waals surface area contributed by atoms with E-state index in [1.165, 1.54) is 0 Å². The first kappa shape index (κ1) is 15.7. The lowest BCUT2D eigenvalue weighted by Gasteiger charge is -2.20. The second-order valence-electron chi connectivity index (χ2n) is 6.12. The normalized spacial score (nSPS) is 13.1. The van der Waals surface area contributed by atoms with Gasteiger partial charge in [-0.2, -0.15) is 0 Å². The third-order valence-corrected chi connectivity index (χ3v) is 5.11. The van der Waals surface area contributed by atoms with Crippen LogP contribution in [0.4, 0.5) is 11.4 Å². The summed E-state index contributed by atoms with van der Waals surface area (Å²) in [6.45, 7) is 4.01. The third kappa shape index (κ3) is 2.85. The number of fused-ring (bicyclic) bond motifs is 1. The summed E-state index contributed by atoms with van der Waals surface area (Å²) in [5.41, 5.74) is 12.3. The molecule has 0 aliphatic carbocycles. The van der Waals surface area contributed by atoms with Crippen molar-refractivity contribution in [3.05, 3.63) is 46.8 Å². The van der Waals surface area contributed by atoms with Crippen molar-refractivity contribution in [2.75, 3.05) is 17.7 Å². The average Bonchev–Trinajstić information content (AvgIpc) is 3.07. The molecule has 0 atom stereocenters. The number of nitrogens with zero attached hydrogens (tertiary/aromatic N) is 1. The Morgan fingerprint density at radius 3 is 2.80 bits per heavy atom. The molecule has 0 bridgehead atoms. The van der Waals surface area contributed by atoms with Crippen molar-refractivity contribution in [1.82, 2.24) is 4.98 Å². The van der Waals surface area contributed by atoms with Gasteiger partial charge in [0, 0.05) is 22.2 Å². The van der Waals surface area contributed by atoms with Gasteiger partial charge in [-0.05, 0) is 43.2 Å². The van der Waals surface area contributed by atoms with E-state index in [4.69, 9.17) is 15.5 Å². The molecule has 1 aliphatic rings. The first-order valence-corrected chi connectivity index (χ1v) is 8.79. The van der Waals surface area contributed by atoms with E-state index in [0.29, 0.717) is 5.69 Å². The topological polar surface area (TPSA) is 77.2 Å². The van der Waals surface area contributed by atoms with Gasteiger partial charge >= 0.3 is 0 Å². The fourth-order valence-electron chi connectivity index (χ4n) is 2.84. The summed E-state index contributed by atoms with van der Waals surface area (Å²) in [7, 11) is 0. The number of hydrogen-bond donors (Lipinski definition) is 2. The number of nitrogen functional groups attached to an aromatic ring is 1. The summed E-state index contributed by atoms with van der Waals surface area (Å²) in [6.07, 6.45) is 0. The van der Waals surface area contributed by atoms with Gasteiger partial charge in [0.15, 0.2) is 6.61 Å². The van der Waals surface area contributed by atoms with Crippen LogP contribution in [-0.4, -0.2) is 17.5 Å². The monoisotopic (exact) mass is 351 g/mol. The molecule has 2 aromatic carbocycles. The number of anilines is 2. The summed E-state index contributed by atoms with van der Waals surface area (Å²) >= 11 is 1.57. The van der Waals surface area contributed by atoms with Gasteiger partial charge in [0.25, 0.3) is 5.91 Å². The van der Waals surface area contributed by atoms with Crippen LogP contribution < -0.4 is 15.8 Å². The first-order chi connectivity index (χ1) is 12.0. The molecule has 1 aliphatic heterocycles. The van der Waals surface area contributed by atoms with Crippen molar-refractivity contribution in [2.45, 2.75) is 13.8 Å². The maximum absolute atomic E-state index is 11.6. The molecule has 3 aromatic rings. The number of thiazole rings is 1. The van der Waals surface area contributed by atoms with E-state index in [1.807, 2.05) is 49.6 Å². The number of nitrogens with one attached hydrogen (secondary N) is 1. The zero-order valence-corrected chi connectivity index (χ0v) is 14.7. The number of ether oxygens (including phenoxy) is 1. The predicted octanol–water partition coefficient (Wildman–Crippen LogP) is 4.01. The molecule has 25 heavy (non-hydrogen) atoms. The molecule has 1 aromatic heterocycles. The van der Waals surface area contributed by atoms with Crippen molar-refractivity contribution < 1.29 is 9.53 Å². The molecule has 6 heteroatoms. The van der Waals surface area contributed by atoms with E-state index in [2.05, 4.69) is 5.32 Å². The Morgan fingerprint density at radius 2 is 2.00 bits per heavy atom. The Bertz CT molecular complexity index is 994. The number of hydrogen-bond acceptors (Lipinski definition) is 5. The maximum atomic E-state index is 11.6. The van der Waals surface area contributed by atoms with E-state index in [0.717, 1.165) is 44.4 Å². The largest absolute Gasteiger partial charge is 0.481 e. The highest BCUT2D eigenvalue weighted by Crippen LogP contribution is 2.37. The minimum atomic E-state index is -0.141. The zero-order valence-electron chi connectivity index (χ0n) is 13.9. The van der Waals surface area contributed by atoms with Crippen LogP contribution in [-0.2, 0) is 4.79 Å². The second-order valence-corrected chi connectivity index (χ2v) is 6.97. The summed E-state index contributed by atoms with van der Waals surface area (Å²) < 4.78 is 5.51. The Hall–Kier alpha value is -2.86. The lowest BCUT2D eigenvalue weighted by molar-refractivity contribution is -0.118. The molecule has 5 nitrogen and oxygen atoms in total. The predicted molar refractivity (Wildman–Crippen MR) is 101 cm³/mol. The lowest BCUT2D eigenvalue weighted by Crippen LogP contribution is -2.25. The maximum Gasteiger partial charge on any atom is 0.262 e. The molecule has 4 rings (SSSR count). The van der Waals surface area contributed by atoms with Gasteiger partial charge < -0.3 is 15.8 Å². The zero-order chi connectivity index (χ0) is 17.6. The van der Waals surface area contributed by atoms with Crippen LogP contribution in [0.2, 0.25) is 0 Å². The molecule has 0 unspecified atom stereocenters. The SMILES string of the molecule is Cc1ccc(-c2nc(-c3cc(C)c4c(c3)NC(=O)CO4)cs2)cc1N. The van der Waals surface area contributed by atoms with Crippen LogP contribution in [0.25, 0.3) is 21.8 Å². The number of aryl methyl sites for hydroxylation is 2. The fraction of sp³-hybridized carbons (Fsp3) is 0.158. The lowest BCUT2D eigenvalue weighted by atomic mass is 10.1. The fourth-order valence-corrected chi connectivity index (χ4v) is 3.67. The van der Waals surface area contributed by atoms with Crippen molar-refractivity contribution in [2.24, 2.45) is 0 Å². The van der Waals surface area contributed by atoms with Crippen molar-refractivity contribution >= 4 is 28.6 Å². The number of amides is 1. The number of benzene rings is 2. The highest BCUT2D eigenvalue weighted by atomic mass is 32.1. The molecular weight excluding hydrogens is 334 g/mol. The summed E-state index contributed by atoms with van der Waals surface area (Å²) in [5, 5.41) is 5.78. The van der Waals surface area contributed by atoms with Crippen LogP contribution in [0.15, 0.2) is 35.7 Å². The highest BCUT2D eigenvalue weighted by Gasteiger charge is 2.20. The average molecular weight is 351 g/mol. The van der Waals surface area contributed by atoms with Crippen LogP contribution in [0, 0.1) is 13.8 Å². The number of carbonyl (C=O) groups excluding carboxylic acids is 1. The Morgan fingerprint density at radius 1 is 1.16 bits per heavy atom. The van der Waals surface area contributed by atoms with E-state index in [-0.39, 0.29) is 12.5 Å². The standard InChI is InChI=1S/C19H17N3O2S/c1-10-3-4-12(6-14(10)20)19-22-16(9-25-19)13-5-11(2)18-15(7-13)21-17(23)8-24-18/h3-7,9H,8,20H2,1-2H3,(H,21,23). The van der Waals surface area contributed by atoms with E-state index < -0.39 is 0 Å². The Labute approximate surface area is 149 Å². The van der Waals surface area contributed by atoms with E-state index in [9.17, 15) is 4.79 Å². The summed E-state index contributed by atoms with van der Waals surface area (Å²) in [4.78, 5) is 16.3. The van der Waals surface area contributed by atoms with Gasteiger partial charge in [-0.15, -0.1) is 11.3 Å². The van der Waals surface area contributed by atoms with Gasteiger partial charge in [0.1, 0.15) is 10.8 Å². The van der Waals surface area contributed by atoms with Crippen LogP contribution in [0.3, 0.4) is 0 Å². The molecule has 1 amide bonds.